The average molecular weight is 369 g/mol. The molecule has 1 atom stereocenters. The van der Waals surface area contributed by atoms with E-state index in [2.05, 4.69) is 76.3 Å². The number of aryl methyl sites for hydroxylation is 1. The highest BCUT2D eigenvalue weighted by atomic mass is 14.9. The molecule has 0 spiro atoms. The highest BCUT2D eigenvalue weighted by Gasteiger charge is 2.25. The Morgan fingerprint density at radius 2 is 1.70 bits per heavy atom. The van der Waals surface area contributed by atoms with Crippen molar-refractivity contribution in [3.8, 4) is 0 Å². The first-order valence-corrected chi connectivity index (χ1v) is 10.6. The van der Waals surface area contributed by atoms with Gasteiger partial charge in [0, 0.05) is 23.3 Å². The van der Waals surface area contributed by atoms with Gasteiger partial charge in [0.15, 0.2) is 0 Å². The third-order valence-electron chi connectivity index (χ3n) is 5.20. The Kier molecular flexibility index (Phi) is 9.41. The fraction of sp³-hybridized carbons (Fsp3) is 0.520. The van der Waals surface area contributed by atoms with Crippen LogP contribution < -0.4 is 11.1 Å². The van der Waals surface area contributed by atoms with Crippen LogP contribution in [0.2, 0.25) is 0 Å². The minimum atomic E-state index is 0.0604. The van der Waals surface area contributed by atoms with E-state index >= 15 is 0 Å². The second-order valence-corrected chi connectivity index (χ2v) is 7.80. The van der Waals surface area contributed by atoms with Gasteiger partial charge in [0.25, 0.3) is 0 Å². The van der Waals surface area contributed by atoms with Crippen LogP contribution in [0.1, 0.15) is 83.9 Å². The molecule has 2 nitrogen and oxygen atoms in total. The molecule has 0 saturated carbocycles. The molecule has 2 rings (SSSR count). The van der Waals surface area contributed by atoms with Gasteiger partial charge < -0.3 is 11.1 Å². The SMILES string of the molecule is CC.CCCc1cc(N)ccc1NCC(C)(C)c1ccccc1C(C)CC. The molecule has 0 amide bonds. The lowest BCUT2D eigenvalue weighted by Crippen LogP contribution is -2.29. The Hall–Kier alpha value is -1.96. The van der Waals surface area contributed by atoms with E-state index in [0.29, 0.717) is 5.92 Å². The number of nitrogen functional groups attached to an aromatic ring is 1. The summed E-state index contributed by atoms with van der Waals surface area (Å²) in [5, 5.41) is 3.69. The summed E-state index contributed by atoms with van der Waals surface area (Å²) in [6.45, 7) is 16.4. The van der Waals surface area contributed by atoms with Crippen molar-refractivity contribution in [2.24, 2.45) is 0 Å². The Labute approximate surface area is 167 Å². The predicted molar refractivity (Wildman–Crippen MR) is 123 cm³/mol. The zero-order chi connectivity index (χ0) is 20.4. The van der Waals surface area contributed by atoms with Crippen LogP contribution in [0.25, 0.3) is 0 Å². The third-order valence-corrected chi connectivity index (χ3v) is 5.20. The molecule has 27 heavy (non-hydrogen) atoms. The standard InChI is InChI=1S/C23H34N2.C2H6/c1-6-10-18-15-19(24)13-14-22(18)25-16-23(4,5)21-12-9-8-11-20(21)17(3)7-2;1-2/h8-9,11-15,17,25H,6-7,10,16,24H2,1-5H3;1-2H3. The number of nitrogens with one attached hydrogen (secondary N) is 1. The number of hydrogen-bond donors (Lipinski definition) is 2. The zero-order valence-corrected chi connectivity index (χ0v) is 18.5. The lowest BCUT2D eigenvalue weighted by molar-refractivity contribution is 0.542. The molecule has 2 aromatic carbocycles. The number of nitrogens with two attached hydrogens (primary N) is 1. The van der Waals surface area contributed by atoms with E-state index in [1.165, 1.54) is 28.8 Å². The summed E-state index contributed by atoms with van der Waals surface area (Å²) in [5.74, 6) is 0.586. The molecule has 150 valence electrons. The van der Waals surface area contributed by atoms with Gasteiger partial charge in [-0.2, -0.15) is 0 Å². The fourth-order valence-electron chi connectivity index (χ4n) is 3.44. The van der Waals surface area contributed by atoms with Crippen LogP contribution in [0.4, 0.5) is 11.4 Å². The van der Waals surface area contributed by atoms with Crippen molar-refractivity contribution in [3.05, 3.63) is 59.2 Å². The van der Waals surface area contributed by atoms with Gasteiger partial charge in [-0.3, -0.25) is 0 Å². The molecule has 0 aliphatic heterocycles. The van der Waals surface area contributed by atoms with Crippen molar-refractivity contribution in [1.82, 2.24) is 0 Å². The number of benzene rings is 2. The lowest BCUT2D eigenvalue weighted by Gasteiger charge is -2.31. The first-order chi connectivity index (χ1) is 12.9. The van der Waals surface area contributed by atoms with Gasteiger partial charge >= 0.3 is 0 Å². The normalized spacial score (nSPS) is 12.1. The molecule has 0 radical (unpaired) electrons. The van der Waals surface area contributed by atoms with E-state index in [1.54, 1.807) is 0 Å². The van der Waals surface area contributed by atoms with Crippen molar-refractivity contribution in [2.45, 2.75) is 79.1 Å². The van der Waals surface area contributed by atoms with Crippen LogP contribution in [0.15, 0.2) is 42.5 Å². The number of rotatable bonds is 8. The summed E-state index contributed by atoms with van der Waals surface area (Å²) in [7, 11) is 0. The second kappa shape index (κ2) is 11.0. The van der Waals surface area contributed by atoms with Crippen LogP contribution in [0.3, 0.4) is 0 Å². The van der Waals surface area contributed by atoms with Crippen molar-refractivity contribution in [3.63, 3.8) is 0 Å². The van der Waals surface area contributed by atoms with Crippen LogP contribution in [-0.2, 0) is 11.8 Å². The van der Waals surface area contributed by atoms with E-state index in [-0.39, 0.29) is 5.41 Å². The topological polar surface area (TPSA) is 38.0 Å². The Morgan fingerprint density at radius 1 is 1.04 bits per heavy atom. The molecule has 0 bridgehead atoms. The third kappa shape index (κ3) is 6.30. The first-order valence-electron chi connectivity index (χ1n) is 10.6. The number of anilines is 2. The minimum absolute atomic E-state index is 0.0604. The van der Waals surface area contributed by atoms with Crippen molar-refractivity contribution in [1.29, 1.82) is 0 Å². The molecule has 1 unspecified atom stereocenters. The molecular weight excluding hydrogens is 328 g/mol. The largest absolute Gasteiger partial charge is 0.399 e. The van der Waals surface area contributed by atoms with E-state index < -0.39 is 0 Å². The van der Waals surface area contributed by atoms with Crippen LogP contribution in [-0.4, -0.2) is 6.54 Å². The maximum Gasteiger partial charge on any atom is 0.0374 e. The molecule has 0 aliphatic rings. The molecule has 0 fully saturated rings. The van der Waals surface area contributed by atoms with Crippen molar-refractivity contribution in [2.75, 3.05) is 17.6 Å². The van der Waals surface area contributed by atoms with Crippen LogP contribution in [0, 0.1) is 0 Å². The van der Waals surface area contributed by atoms with Gasteiger partial charge in [0.1, 0.15) is 0 Å². The molecule has 0 aromatic heterocycles. The first kappa shape index (κ1) is 23.1. The smallest absolute Gasteiger partial charge is 0.0374 e. The number of hydrogen-bond acceptors (Lipinski definition) is 2. The van der Waals surface area contributed by atoms with Gasteiger partial charge in [0.05, 0.1) is 0 Å². The molecular formula is C25H40N2. The molecule has 2 heteroatoms. The maximum atomic E-state index is 5.97. The molecule has 2 aromatic rings. The Morgan fingerprint density at radius 3 is 2.33 bits per heavy atom. The van der Waals surface area contributed by atoms with Gasteiger partial charge in [-0.1, -0.05) is 79.2 Å². The van der Waals surface area contributed by atoms with Crippen molar-refractivity contribution < 1.29 is 0 Å². The van der Waals surface area contributed by atoms with E-state index in [4.69, 9.17) is 5.73 Å². The molecule has 3 N–H and O–H groups in total. The summed E-state index contributed by atoms with van der Waals surface area (Å²) in [4.78, 5) is 0. The summed E-state index contributed by atoms with van der Waals surface area (Å²) >= 11 is 0. The predicted octanol–water partition coefficient (Wildman–Crippen LogP) is 7.15. The van der Waals surface area contributed by atoms with Gasteiger partial charge in [-0.25, -0.2) is 0 Å². The average Bonchev–Trinajstić information content (AvgIpc) is 2.68. The van der Waals surface area contributed by atoms with E-state index in [1.807, 2.05) is 19.9 Å². The quantitative estimate of drug-likeness (QED) is 0.485. The summed E-state index contributed by atoms with van der Waals surface area (Å²) in [6, 6.07) is 15.1. The lowest BCUT2D eigenvalue weighted by atomic mass is 9.78. The van der Waals surface area contributed by atoms with Gasteiger partial charge in [-0.15, -0.1) is 0 Å². The molecule has 0 heterocycles. The summed E-state index contributed by atoms with van der Waals surface area (Å²) in [5.41, 5.74) is 12.3. The van der Waals surface area contributed by atoms with Crippen LogP contribution >= 0.6 is 0 Å². The molecule has 0 saturated heterocycles. The van der Waals surface area contributed by atoms with Gasteiger partial charge in [-0.05, 0) is 53.6 Å². The minimum Gasteiger partial charge on any atom is -0.399 e. The zero-order valence-electron chi connectivity index (χ0n) is 18.5. The maximum absolute atomic E-state index is 5.97. The highest BCUT2D eigenvalue weighted by molar-refractivity contribution is 5.58. The van der Waals surface area contributed by atoms with Gasteiger partial charge in [0.2, 0.25) is 0 Å². The fourth-order valence-corrected chi connectivity index (χ4v) is 3.44. The Bertz CT molecular complexity index is 688. The van der Waals surface area contributed by atoms with E-state index in [0.717, 1.165) is 25.1 Å². The summed E-state index contributed by atoms with van der Waals surface area (Å²) in [6.07, 6.45) is 3.34. The van der Waals surface area contributed by atoms with E-state index in [9.17, 15) is 0 Å². The van der Waals surface area contributed by atoms with Crippen LogP contribution in [0.5, 0.6) is 0 Å². The highest BCUT2D eigenvalue weighted by Crippen LogP contribution is 2.33. The monoisotopic (exact) mass is 368 g/mol. The summed E-state index contributed by atoms with van der Waals surface area (Å²) < 4.78 is 0. The van der Waals surface area contributed by atoms with Crippen molar-refractivity contribution >= 4 is 11.4 Å². The Balaban J connectivity index is 0.00000176. The molecule has 0 aliphatic carbocycles. The second-order valence-electron chi connectivity index (χ2n) is 7.80.